The number of aryl methyl sites for hydroxylation is 2. The number of amides is 1. The summed E-state index contributed by atoms with van der Waals surface area (Å²) in [5.74, 6) is 0.759. The molecule has 0 aliphatic heterocycles. The minimum Gasteiger partial charge on any atom is -0.496 e. The molecule has 1 N–H and O–H groups in total. The number of benzene rings is 1. The third-order valence-electron chi connectivity index (χ3n) is 3.34. The molecule has 0 fully saturated rings. The summed E-state index contributed by atoms with van der Waals surface area (Å²) in [5, 5.41) is 2.92. The first-order valence-corrected chi connectivity index (χ1v) is 6.96. The van der Waals surface area contributed by atoms with Gasteiger partial charge in [-0.1, -0.05) is 18.2 Å². The van der Waals surface area contributed by atoms with Crippen LogP contribution in [-0.2, 0) is 6.42 Å². The van der Waals surface area contributed by atoms with Crippen LogP contribution in [0, 0.1) is 13.8 Å². The molecule has 2 rings (SSSR count). The van der Waals surface area contributed by atoms with E-state index in [9.17, 15) is 4.79 Å². The smallest absolute Gasteiger partial charge is 0.253 e. The quantitative estimate of drug-likeness (QED) is 0.918. The number of hydrogen-bond donors (Lipinski definition) is 1. The molecular formula is C17H20N2O2. The van der Waals surface area contributed by atoms with Crippen molar-refractivity contribution >= 4 is 5.91 Å². The van der Waals surface area contributed by atoms with Crippen LogP contribution in [0.3, 0.4) is 0 Å². The zero-order chi connectivity index (χ0) is 15.2. The molecule has 0 unspecified atom stereocenters. The second-order valence-electron chi connectivity index (χ2n) is 4.90. The van der Waals surface area contributed by atoms with E-state index >= 15 is 0 Å². The number of aromatic nitrogens is 1. The first kappa shape index (κ1) is 15.0. The summed E-state index contributed by atoms with van der Waals surface area (Å²) in [6.07, 6.45) is 0.730. The molecule has 0 bridgehead atoms. The van der Waals surface area contributed by atoms with E-state index < -0.39 is 0 Å². The number of ether oxygens (including phenoxy) is 1. The van der Waals surface area contributed by atoms with E-state index in [2.05, 4.69) is 10.3 Å². The third kappa shape index (κ3) is 3.81. The minimum absolute atomic E-state index is 0.0881. The lowest BCUT2D eigenvalue weighted by Gasteiger charge is -2.10. The summed E-state index contributed by atoms with van der Waals surface area (Å²) in [5.41, 5.74) is 3.38. The van der Waals surface area contributed by atoms with E-state index in [4.69, 9.17) is 4.74 Å². The Bertz CT molecular complexity index is 638. The van der Waals surface area contributed by atoms with Gasteiger partial charge in [-0.3, -0.25) is 9.78 Å². The van der Waals surface area contributed by atoms with Crippen LogP contribution in [0.5, 0.6) is 5.75 Å². The second-order valence-corrected chi connectivity index (χ2v) is 4.90. The topological polar surface area (TPSA) is 51.2 Å². The second kappa shape index (κ2) is 6.88. The number of rotatable bonds is 5. The Morgan fingerprint density at radius 1 is 1.19 bits per heavy atom. The Labute approximate surface area is 125 Å². The van der Waals surface area contributed by atoms with Crippen LogP contribution in [0.15, 0.2) is 36.4 Å². The zero-order valence-corrected chi connectivity index (χ0v) is 12.6. The minimum atomic E-state index is -0.0881. The van der Waals surface area contributed by atoms with Crippen molar-refractivity contribution < 1.29 is 9.53 Å². The van der Waals surface area contributed by atoms with Crippen molar-refractivity contribution in [1.82, 2.24) is 10.3 Å². The maximum absolute atomic E-state index is 12.1. The Kier molecular flexibility index (Phi) is 4.93. The monoisotopic (exact) mass is 284 g/mol. The van der Waals surface area contributed by atoms with Crippen molar-refractivity contribution in [3.8, 4) is 5.75 Å². The molecule has 0 saturated heterocycles. The van der Waals surface area contributed by atoms with Crippen molar-refractivity contribution in [3.05, 3.63) is 58.9 Å². The average molecular weight is 284 g/mol. The van der Waals surface area contributed by atoms with Gasteiger partial charge in [0, 0.05) is 12.2 Å². The van der Waals surface area contributed by atoms with E-state index in [0.717, 1.165) is 29.1 Å². The first-order valence-electron chi connectivity index (χ1n) is 6.96. The van der Waals surface area contributed by atoms with Crippen LogP contribution in [-0.4, -0.2) is 24.5 Å². The standard InChI is InChI=1S/C17H20N2O2/c1-12-8-9-15(13(2)19-12)17(20)18-11-10-14-6-4-5-7-16(14)21-3/h4-9H,10-11H2,1-3H3,(H,18,20). The van der Waals surface area contributed by atoms with Gasteiger partial charge in [-0.2, -0.15) is 0 Å². The van der Waals surface area contributed by atoms with Gasteiger partial charge in [-0.15, -0.1) is 0 Å². The lowest BCUT2D eigenvalue weighted by molar-refractivity contribution is 0.0953. The molecule has 0 spiro atoms. The number of methoxy groups -OCH3 is 1. The summed E-state index contributed by atoms with van der Waals surface area (Å²) in [6.45, 7) is 4.32. The van der Waals surface area contributed by atoms with Crippen LogP contribution >= 0.6 is 0 Å². The fraction of sp³-hybridized carbons (Fsp3) is 0.294. The number of nitrogens with one attached hydrogen (secondary N) is 1. The van der Waals surface area contributed by atoms with Gasteiger partial charge in [-0.05, 0) is 44.0 Å². The van der Waals surface area contributed by atoms with Crippen molar-refractivity contribution in [2.75, 3.05) is 13.7 Å². The Morgan fingerprint density at radius 3 is 2.67 bits per heavy atom. The molecule has 4 heteroatoms. The van der Waals surface area contributed by atoms with E-state index in [1.165, 1.54) is 0 Å². The van der Waals surface area contributed by atoms with Crippen molar-refractivity contribution in [3.63, 3.8) is 0 Å². The van der Waals surface area contributed by atoms with Gasteiger partial charge in [0.1, 0.15) is 5.75 Å². The van der Waals surface area contributed by atoms with Gasteiger partial charge in [0.2, 0.25) is 0 Å². The molecule has 1 aromatic carbocycles. The highest BCUT2D eigenvalue weighted by Crippen LogP contribution is 2.17. The van der Waals surface area contributed by atoms with E-state index in [-0.39, 0.29) is 5.91 Å². The van der Waals surface area contributed by atoms with Crippen molar-refractivity contribution in [1.29, 1.82) is 0 Å². The summed E-state index contributed by atoms with van der Waals surface area (Å²) in [6, 6.07) is 11.5. The van der Waals surface area contributed by atoms with Gasteiger partial charge in [0.25, 0.3) is 5.91 Å². The van der Waals surface area contributed by atoms with Gasteiger partial charge in [0.15, 0.2) is 0 Å². The summed E-state index contributed by atoms with van der Waals surface area (Å²) in [4.78, 5) is 16.4. The highest BCUT2D eigenvalue weighted by molar-refractivity contribution is 5.95. The predicted octanol–water partition coefficient (Wildman–Crippen LogP) is 2.68. The number of pyridine rings is 1. The summed E-state index contributed by atoms with van der Waals surface area (Å²) in [7, 11) is 1.65. The number of carbonyl (C=O) groups excluding carboxylic acids is 1. The lowest BCUT2D eigenvalue weighted by Crippen LogP contribution is -2.26. The average Bonchev–Trinajstić information content (AvgIpc) is 2.47. The number of para-hydroxylation sites is 1. The Balaban J connectivity index is 1.95. The number of carbonyl (C=O) groups is 1. The molecule has 4 nitrogen and oxygen atoms in total. The lowest BCUT2D eigenvalue weighted by atomic mass is 10.1. The van der Waals surface area contributed by atoms with Gasteiger partial charge < -0.3 is 10.1 Å². The molecule has 110 valence electrons. The summed E-state index contributed by atoms with van der Waals surface area (Å²) >= 11 is 0. The zero-order valence-electron chi connectivity index (χ0n) is 12.6. The van der Waals surface area contributed by atoms with E-state index in [1.807, 2.05) is 50.2 Å². The molecule has 0 atom stereocenters. The molecule has 1 aromatic heterocycles. The fourth-order valence-corrected chi connectivity index (χ4v) is 2.24. The van der Waals surface area contributed by atoms with Crippen LogP contribution in [0.4, 0.5) is 0 Å². The predicted molar refractivity (Wildman–Crippen MR) is 82.7 cm³/mol. The van der Waals surface area contributed by atoms with Crippen molar-refractivity contribution in [2.45, 2.75) is 20.3 Å². The molecule has 1 amide bonds. The van der Waals surface area contributed by atoms with Crippen molar-refractivity contribution in [2.24, 2.45) is 0 Å². The maximum Gasteiger partial charge on any atom is 0.253 e. The molecule has 0 aliphatic carbocycles. The molecule has 0 saturated carbocycles. The highest BCUT2D eigenvalue weighted by Gasteiger charge is 2.10. The Hall–Kier alpha value is -2.36. The van der Waals surface area contributed by atoms with Crippen LogP contribution < -0.4 is 10.1 Å². The SMILES string of the molecule is COc1ccccc1CCNC(=O)c1ccc(C)nc1C. The fourth-order valence-electron chi connectivity index (χ4n) is 2.24. The number of hydrogen-bond acceptors (Lipinski definition) is 3. The van der Waals surface area contributed by atoms with Crippen LogP contribution in [0.25, 0.3) is 0 Å². The van der Waals surface area contributed by atoms with Gasteiger partial charge >= 0.3 is 0 Å². The molecule has 0 aliphatic rings. The molecule has 2 aromatic rings. The van der Waals surface area contributed by atoms with Crippen LogP contribution in [0.2, 0.25) is 0 Å². The first-order chi connectivity index (χ1) is 10.1. The molecule has 1 heterocycles. The third-order valence-corrected chi connectivity index (χ3v) is 3.34. The van der Waals surface area contributed by atoms with Gasteiger partial charge in [-0.25, -0.2) is 0 Å². The van der Waals surface area contributed by atoms with E-state index in [1.54, 1.807) is 7.11 Å². The molecule has 0 radical (unpaired) electrons. The van der Waals surface area contributed by atoms with Gasteiger partial charge in [0.05, 0.1) is 18.4 Å². The molecule has 21 heavy (non-hydrogen) atoms. The number of nitrogens with zero attached hydrogens (tertiary/aromatic N) is 1. The molecular weight excluding hydrogens is 264 g/mol. The summed E-state index contributed by atoms with van der Waals surface area (Å²) < 4.78 is 5.30. The maximum atomic E-state index is 12.1. The van der Waals surface area contributed by atoms with Crippen LogP contribution in [0.1, 0.15) is 27.3 Å². The highest BCUT2D eigenvalue weighted by atomic mass is 16.5. The Morgan fingerprint density at radius 2 is 1.95 bits per heavy atom. The normalized spacial score (nSPS) is 10.2. The largest absolute Gasteiger partial charge is 0.496 e. The van der Waals surface area contributed by atoms with E-state index in [0.29, 0.717) is 12.1 Å².